The minimum absolute atomic E-state index is 0.600. The van der Waals surface area contributed by atoms with Crippen molar-refractivity contribution in [3.05, 3.63) is 205 Å². The summed E-state index contributed by atoms with van der Waals surface area (Å²) in [7, 11) is 0. The Morgan fingerprint density at radius 1 is 0.393 bits per heavy atom. The molecule has 0 fully saturated rings. The van der Waals surface area contributed by atoms with Crippen molar-refractivity contribution in [2.75, 3.05) is 4.90 Å². The van der Waals surface area contributed by atoms with Gasteiger partial charge in [-0.15, -0.1) is 0 Å². The van der Waals surface area contributed by atoms with Gasteiger partial charge in [-0.2, -0.15) is 10.5 Å². The van der Waals surface area contributed by atoms with E-state index in [4.69, 9.17) is 0 Å². The second kappa shape index (κ2) is 13.5. The van der Waals surface area contributed by atoms with E-state index in [0.29, 0.717) is 11.1 Å². The Morgan fingerprint density at radius 3 is 1.64 bits per heavy atom. The molecule has 0 saturated heterocycles. The number of aromatic nitrogens is 1. The first-order valence-electron chi connectivity index (χ1n) is 18.6. The van der Waals surface area contributed by atoms with E-state index >= 15 is 0 Å². The van der Waals surface area contributed by atoms with Crippen LogP contribution >= 0.6 is 0 Å². The Morgan fingerprint density at radius 2 is 0.946 bits per heavy atom. The number of nitriles is 2. The van der Waals surface area contributed by atoms with Crippen molar-refractivity contribution in [2.45, 2.75) is 0 Å². The van der Waals surface area contributed by atoms with Crippen LogP contribution in [0.5, 0.6) is 0 Å². The van der Waals surface area contributed by atoms with Gasteiger partial charge in [0.15, 0.2) is 0 Å². The van der Waals surface area contributed by atoms with Gasteiger partial charge in [0.1, 0.15) is 0 Å². The van der Waals surface area contributed by atoms with E-state index in [2.05, 4.69) is 173 Å². The number of nitrogens with zero attached hydrogens (tertiary/aromatic N) is 4. The summed E-state index contributed by atoms with van der Waals surface area (Å²) in [5.74, 6) is 0. The first-order chi connectivity index (χ1) is 27.7. The van der Waals surface area contributed by atoms with Crippen LogP contribution in [0.4, 0.5) is 17.1 Å². The lowest BCUT2D eigenvalue weighted by atomic mass is 9.84. The number of rotatable bonds is 6. The second-order valence-electron chi connectivity index (χ2n) is 13.9. The first-order valence-corrected chi connectivity index (χ1v) is 18.6. The molecule has 0 N–H and O–H groups in total. The highest BCUT2D eigenvalue weighted by Crippen LogP contribution is 2.50. The Bertz CT molecular complexity index is 3220. The highest BCUT2D eigenvalue weighted by Gasteiger charge is 2.24. The monoisotopic (exact) mass is 712 g/mol. The van der Waals surface area contributed by atoms with E-state index in [1.54, 1.807) is 0 Å². The van der Waals surface area contributed by atoms with Crippen LogP contribution in [-0.2, 0) is 0 Å². The van der Waals surface area contributed by atoms with Crippen LogP contribution in [-0.4, -0.2) is 4.57 Å². The number of para-hydroxylation sites is 3. The summed E-state index contributed by atoms with van der Waals surface area (Å²) in [6.45, 7) is 0. The van der Waals surface area contributed by atoms with Gasteiger partial charge < -0.3 is 9.47 Å². The summed E-state index contributed by atoms with van der Waals surface area (Å²) >= 11 is 0. The third-order valence-corrected chi connectivity index (χ3v) is 10.8. The molecular weight excluding hydrogens is 681 g/mol. The smallest absolute Gasteiger partial charge is 0.0991 e. The SMILES string of the molecule is N#Cc1cccc(-c2c3ccccc3c(-c3cccc(C#N)c3)c3c(N(c4ccccc4)c4ccc5c(c4)c4ccccc4n5-c4ccccc4)cccc23)c1. The average Bonchev–Trinajstić information content (AvgIpc) is 3.60. The zero-order valence-electron chi connectivity index (χ0n) is 30.3. The van der Waals surface area contributed by atoms with E-state index in [-0.39, 0.29) is 0 Å². The molecular formula is C52H32N4. The quantitative estimate of drug-likeness (QED) is 0.161. The van der Waals surface area contributed by atoms with Crippen LogP contribution in [0.1, 0.15) is 11.1 Å². The molecule has 260 valence electrons. The van der Waals surface area contributed by atoms with E-state index < -0.39 is 0 Å². The molecule has 0 aliphatic carbocycles. The van der Waals surface area contributed by atoms with Gasteiger partial charge in [-0.25, -0.2) is 0 Å². The number of hydrogen-bond acceptors (Lipinski definition) is 3. The molecule has 1 aromatic heterocycles. The topological polar surface area (TPSA) is 55.8 Å². The third kappa shape index (κ3) is 5.29. The van der Waals surface area contributed by atoms with Gasteiger partial charge in [0, 0.05) is 33.2 Å². The molecule has 0 saturated carbocycles. The molecule has 10 aromatic rings. The fourth-order valence-electron chi connectivity index (χ4n) is 8.46. The van der Waals surface area contributed by atoms with Crippen molar-refractivity contribution in [1.82, 2.24) is 4.57 Å². The normalized spacial score (nSPS) is 11.2. The van der Waals surface area contributed by atoms with Crippen LogP contribution in [0.15, 0.2) is 194 Å². The largest absolute Gasteiger partial charge is 0.310 e. The predicted molar refractivity (Wildman–Crippen MR) is 231 cm³/mol. The molecule has 0 atom stereocenters. The summed E-state index contributed by atoms with van der Waals surface area (Å²) in [6.07, 6.45) is 0. The summed E-state index contributed by atoms with van der Waals surface area (Å²) < 4.78 is 2.34. The van der Waals surface area contributed by atoms with Crippen LogP contribution in [0.3, 0.4) is 0 Å². The molecule has 1 heterocycles. The van der Waals surface area contributed by atoms with Crippen LogP contribution < -0.4 is 4.90 Å². The van der Waals surface area contributed by atoms with Crippen LogP contribution in [0.25, 0.3) is 71.3 Å². The number of hydrogen-bond donors (Lipinski definition) is 0. The first kappa shape index (κ1) is 32.7. The van der Waals surface area contributed by atoms with Gasteiger partial charge in [-0.1, -0.05) is 115 Å². The number of fused-ring (bicyclic) bond motifs is 5. The molecule has 0 aliphatic heterocycles. The third-order valence-electron chi connectivity index (χ3n) is 10.8. The average molecular weight is 713 g/mol. The van der Waals surface area contributed by atoms with Crippen LogP contribution in [0, 0.1) is 22.7 Å². The highest BCUT2D eigenvalue weighted by molar-refractivity contribution is 6.25. The molecule has 0 unspecified atom stereocenters. The van der Waals surface area contributed by atoms with Gasteiger partial charge in [0.25, 0.3) is 0 Å². The lowest BCUT2D eigenvalue weighted by molar-refractivity contribution is 1.18. The van der Waals surface area contributed by atoms with Crippen molar-refractivity contribution in [2.24, 2.45) is 0 Å². The lowest BCUT2D eigenvalue weighted by Crippen LogP contribution is -2.11. The zero-order chi connectivity index (χ0) is 37.6. The van der Waals surface area contributed by atoms with E-state index in [1.165, 1.54) is 5.39 Å². The number of benzene rings is 9. The van der Waals surface area contributed by atoms with Crippen molar-refractivity contribution in [3.8, 4) is 40.1 Å². The van der Waals surface area contributed by atoms with E-state index in [9.17, 15) is 10.5 Å². The van der Waals surface area contributed by atoms with Gasteiger partial charge >= 0.3 is 0 Å². The molecule has 0 bridgehead atoms. The maximum absolute atomic E-state index is 10.1. The predicted octanol–water partition coefficient (Wildman–Crippen LogP) is 13.6. The Labute approximate surface area is 324 Å². The molecule has 4 heteroatoms. The van der Waals surface area contributed by atoms with Crippen molar-refractivity contribution < 1.29 is 0 Å². The van der Waals surface area contributed by atoms with Crippen molar-refractivity contribution >= 4 is 60.4 Å². The summed E-state index contributed by atoms with van der Waals surface area (Å²) in [4.78, 5) is 2.36. The Hall–Kier alpha value is -7.92. The minimum atomic E-state index is 0.600. The molecule has 4 nitrogen and oxygen atoms in total. The molecule has 56 heavy (non-hydrogen) atoms. The minimum Gasteiger partial charge on any atom is -0.310 e. The number of anilines is 3. The van der Waals surface area contributed by atoms with E-state index in [0.717, 1.165) is 83.0 Å². The fourth-order valence-corrected chi connectivity index (χ4v) is 8.46. The molecule has 9 aromatic carbocycles. The summed E-state index contributed by atoms with van der Waals surface area (Å²) in [5.41, 5.74) is 11.7. The van der Waals surface area contributed by atoms with Gasteiger partial charge in [0.05, 0.1) is 40.0 Å². The van der Waals surface area contributed by atoms with Gasteiger partial charge in [-0.05, 0) is 117 Å². The molecule has 0 amide bonds. The maximum atomic E-state index is 10.1. The van der Waals surface area contributed by atoms with E-state index in [1.807, 2.05) is 42.5 Å². The van der Waals surface area contributed by atoms with Crippen LogP contribution in [0.2, 0.25) is 0 Å². The summed E-state index contributed by atoms with van der Waals surface area (Å²) in [6, 6.07) is 72.0. The molecule has 10 rings (SSSR count). The molecule has 0 spiro atoms. The second-order valence-corrected chi connectivity index (χ2v) is 13.9. The van der Waals surface area contributed by atoms with Crippen molar-refractivity contribution in [1.29, 1.82) is 10.5 Å². The Kier molecular flexibility index (Phi) is 7.88. The lowest BCUT2D eigenvalue weighted by Gasteiger charge is -2.29. The fraction of sp³-hybridized carbons (Fsp3) is 0. The summed E-state index contributed by atoms with van der Waals surface area (Å²) in [5, 5.41) is 26.6. The van der Waals surface area contributed by atoms with Gasteiger partial charge in [0.2, 0.25) is 0 Å². The maximum Gasteiger partial charge on any atom is 0.0991 e. The van der Waals surface area contributed by atoms with Gasteiger partial charge in [-0.3, -0.25) is 0 Å². The Balaban J connectivity index is 1.34. The highest BCUT2D eigenvalue weighted by atomic mass is 15.1. The molecule has 0 radical (unpaired) electrons. The molecule has 0 aliphatic rings. The standard InChI is InChI=1S/C52H32N4/c53-33-35-14-11-16-37(30-35)50-43-23-7-8-24-44(43)51(38-17-12-15-36(31-38)34-54)52-45(50)25-13-27-49(52)55(39-18-3-1-4-19-39)41-28-29-48-46(32-41)42-22-9-10-26-47(42)56(48)40-20-5-2-6-21-40/h1-32H. The zero-order valence-corrected chi connectivity index (χ0v) is 30.3. The van der Waals surface area contributed by atoms with Crippen molar-refractivity contribution in [3.63, 3.8) is 0 Å².